The van der Waals surface area contributed by atoms with Crippen molar-refractivity contribution in [3.63, 3.8) is 0 Å². The third-order valence-corrected chi connectivity index (χ3v) is 6.50. The molecule has 0 aliphatic carbocycles. The number of fused-ring (bicyclic) bond motifs is 2. The average Bonchev–Trinajstić information content (AvgIpc) is 2.73. The van der Waals surface area contributed by atoms with Crippen LogP contribution in [0.25, 0.3) is 0 Å². The number of piperidine rings is 2. The number of nitrogens with zero attached hydrogens (tertiary/aromatic N) is 1. The first-order valence-corrected chi connectivity index (χ1v) is 11.6. The second kappa shape index (κ2) is 11.0. The van der Waals surface area contributed by atoms with E-state index >= 15 is 0 Å². The molecule has 2 aliphatic rings. The van der Waals surface area contributed by atoms with Gasteiger partial charge in [-0.05, 0) is 38.7 Å². The molecule has 3 rings (SSSR count). The van der Waals surface area contributed by atoms with Gasteiger partial charge in [0.25, 0.3) is 5.91 Å². The van der Waals surface area contributed by atoms with Gasteiger partial charge in [0.1, 0.15) is 5.75 Å². The molecule has 8 nitrogen and oxygen atoms in total. The lowest BCUT2D eigenvalue weighted by Gasteiger charge is -2.49. The van der Waals surface area contributed by atoms with Gasteiger partial charge >= 0.3 is 5.97 Å². The van der Waals surface area contributed by atoms with Crippen molar-refractivity contribution >= 4 is 35.1 Å². The lowest BCUT2D eigenvalue weighted by Crippen LogP contribution is -2.57. The fourth-order valence-corrected chi connectivity index (χ4v) is 5.07. The van der Waals surface area contributed by atoms with Gasteiger partial charge in [-0.1, -0.05) is 18.0 Å². The number of nitrogens with one attached hydrogen (secondary N) is 2. The minimum atomic E-state index is -0.257. The highest BCUT2D eigenvalue weighted by molar-refractivity contribution is 6.34. The van der Waals surface area contributed by atoms with Crippen LogP contribution >= 0.6 is 11.6 Å². The normalized spacial score (nSPS) is 22.7. The Kier molecular flexibility index (Phi) is 8.37. The van der Waals surface area contributed by atoms with Gasteiger partial charge in [0.05, 0.1) is 36.4 Å². The summed E-state index contributed by atoms with van der Waals surface area (Å²) in [6.07, 6.45) is 5.36. The van der Waals surface area contributed by atoms with Gasteiger partial charge in [-0.15, -0.1) is 0 Å². The van der Waals surface area contributed by atoms with Crippen LogP contribution in [0, 0.1) is 0 Å². The first-order chi connectivity index (χ1) is 15.3. The second-order valence-corrected chi connectivity index (χ2v) is 8.79. The molecule has 0 spiro atoms. The maximum absolute atomic E-state index is 13.1. The Bertz CT molecular complexity index is 848. The zero-order chi connectivity index (χ0) is 23.3. The molecule has 2 amide bonds. The zero-order valence-corrected chi connectivity index (χ0v) is 19.7. The summed E-state index contributed by atoms with van der Waals surface area (Å²) >= 11 is 6.27. The summed E-state index contributed by atoms with van der Waals surface area (Å²) in [6, 6.07) is 3.81. The molecule has 0 saturated carbocycles. The van der Waals surface area contributed by atoms with Gasteiger partial charge in [-0.2, -0.15) is 0 Å². The molecule has 176 valence electrons. The molecule has 1 aromatic rings. The van der Waals surface area contributed by atoms with E-state index in [1.165, 1.54) is 26.5 Å². The summed E-state index contributed by atoms with van der Waals surface area (Å²) < 4.78 is 10.4. The lowest BCUT2D eigenvalue weighted by molar-refractivity contribution is -0.144. The Balaban J connectivity index is 1.66. The van der Waals surface area contributed by atoms with E-state index in [-0.39, 0.29) is 28.8 Å². The molecule has 32 heavy (non-hydrogen) atoms. The number of esters is 1. The second-order valence-electron chi connectivity index (χ2n) is 8.39. The van der Waals surface area contributed by atoms with Crippen molar-refractivity contribution in [2.24, 2.45) is 0 Å². The molecule has 2 aliphatic heterocycles. The van der Waals surface area contributed by atoms with Crippen LogP contribution in [0.3, 0.4) is 0 Å². The SMILES string of the molecule is CCOC(=O)CCN1C2CCCC1CC(NC(=O)c1cc(Cl)c(NC(C)=O)cc1OC)C2. The number of hydrogen-bond acceptors (Lipinski definition) is 6. The largest absolute Gasteiger partial charge is 0.496 e. The van der Waals surface area contributed by atoms with Crippen LogP contribution in [-0.2, 0) is 14.3 Å². The molecule has 2 unspecified atom stereocenters. The van der Waals surface area contributed by atoms with Gasteiger partial charge in [0, 0.05) is 37.7 Å². The molecule has 2 fully saturated rings. The summed E-state index contributed by atoms with van der Waals surface area (Å²) in [7, 11) is 1.48. The maximum Gasteiger partial charge on any atom is 0.307 e. The Morgan fingerprint density at radius 2 is 1.88 bits per heavy atom. The fraction of sp³-hybridized carbons (Fsp3) is 0.609. The smallest absolute Gasteiger partial charge is 0.307 e. The number of carbonyl (C=O) groups is 3. The van der Waals surface area contributed by atoms with E-state index in [1.807, 2.05) is 6.92 Å². The van der Waals surface area contributed by atoms with Crippen molar-refractivity contribution < 1.29 is 23.9 Å². The van der Waals surface area contributed by atoms with Crippen LogP contribution in [0.4, 0.5) is 5.69 Å². The van der Waals surface area contributed by atoms with E-state index in [1.54, 1.807) is 6.07 Å². The van der Waals surface area contributed by atoms with Crippen molar-refractivity contribution in [3.05, 3.63) is 22.7 Å². The van der Waals surface area contributed by atoms with Gasteiger partial charge in [0.2, 0.25) is 5.91 Å². The van der Waals surface area contributed by atoms with Gasteiger partial charge < -0.3 is 20.1 Å². The molecule has 2 saturated heterocycles. The number of methoxy groups -OCH3 is 1. The van der Waals surface area contributed by atoms with Crippen LogP contribution in [-0.4, -0.2) is 61.1 Å². The highest BCUT2D eigenvalue weighted by Gasteiger charge is 2.39. The van der Waals surface area contributed by atoms with E-state index in [4.69, 9.17) is 21.1 Å². The minimum absolute atomic E-state index is 0.0372. The highest BCUT2D eigenvalue weighted by atomic mass is 35.5. The number of halogens is 1. The van der Waals surface area contributed by atoms with Crippen molar-refractivity contribution in [3.8, 4) is 5.75 Å². The maximum atomic E-state index is 13.1. The Labute approximate surface area is 193 Å². The molecule has 2 N–H and O–H groups in total. The van der Waals surface area contributed by atoms with Crippen LogP contribution in [0.5, 0.6) is 5.75 Å². The van der Waals surface area contributed by atoms with Gasteiger partial charge in [0.15, 0.2) is 0 Å². The van der Waals surface area contributed by atoms with Crippen molar-refractivity contribution in [2.75, 3.05) is 25.6 Å². The number of carbonyl (C=O) groups excluding carboxylic acids is 3. The number of amides is 2. The van der Waals surface area contributed by atoms with E-state index in [0.29, 0.717) is 48.7 Å². The van der Waals surface area contributed by atoms with Crippen LogP contribution < -0.4 is 15.4 Å². The summed E-state index contributed by atoms with van der Waals surface area (Å²) in [5.41, 5.74) is 0.735. The Morgan fingerprint density at radius 3 is 2.47 bits per heavy atom. The zero-order valence-electron chi connectivity index (χ0n) is 18.9. The van der Waals surface area contributed by atoms with E-state index in [2.05, 4.69) is 15.5 Å². The summed E-state index contributed by atoms with van der Waals surface area (Å²) in [5.74, 6) is -0.316. The molecule has 0 radical (unpaired) electrons. The molecular formula is C23H32ClN3O5. The summed E-state index contributed by atoms with van der Waals surface area (Å²) in [4.78, 5) is 38.6. The quantitative estimate of drug-likeness (QED) is 0.571. The van der Waals surface area contributed by atoms with Crippen molar-refractivity contribution in [1.29, 1.82) is 0 Å². The predicted molar refractivity (Wildman–Crippen MR) is 122 cm³/mol. The molecule has 1 aromatic carbocycles. The molecule has 2 heterocycles. The van der Waals surface area contributed by atoms with Gasteiger partial charge in [-0.3, -0.25) is 19.3 Å². The van der Waals surface area contributed by atoms with Crippen molar-refractivity contribution in [2.45, 2.75) is 70.5 Å². The third-order valence-electron chi connectivity index (χ3n) is 6.19. The lowest BCUT2D eigenvalue weighted by atomic mass is 9.81. The number of hydrogen-bond donors (Lipinski definition) is 2. The fourth-order valence-electron chi connectivity index (χ4n) is 4.86. The van der Waals surface area contributed by atoms with E-state index < -0.39 is 0 Å². The number of rotatable bonds is 8. The standard InChI is InChI=1S/C23H32ClN3O5/c1-4-32-22(29)8-9-27-16-6-5-7-17(27)11-15(10-16)26-23(30)18-12-19(24)20(25-14(2)28)13-21(18)31-3/h12-13,15-17H,4-11H2,1-3H3,(H,25,28)(H,26,30). The van der Waals surface area contributed by atoms with Crippen LogP contribution in [0.15, 0.2) is 12.1 Å². The number of benzene rings is 1. The molecule has 2 atom stereocenters. The Hall–Kier alpha value is -2.32. The minimum Gasteiger partial charge on any atom is -0.496 e. The number of anilines is 1. The average molecular weight is 466 g/mol. The third kappa shape index (κ3) is 5.92. The molecule has 0 aromatic heterocycles. The first-order valence-electron chi connectivity index (χ1n) is 11.2. The topological polar surface area (TPSA) is 97.0 Å². The monoisotopic (exact) mass is 465 g/mol. The summed E-state index contributed by atoms with van der Waals surface area (Å²) in [5, 5.41) is 6.06. The van der Waals surface area contributed by atoms with Crippen LogP contribution in [0.1, 0.15) is 62.7 Å². The number of ether oxygens (including phenoxy) is 2. The highest BCUT2D eigenvalue weighted by Crippen LogP contribution is 2.35. The summed E-state index contributed by atoms with van der Waals surface area (Å²) in [6.45, 7) is 4.30. The molecule has 2 bridgehead atoms. The van der Waals surface area contributed by atoms with Crippen molar-refractivity contribution in [1.82, 2.24) is 10.2 Å². The molecular weight excluding hydrogens is 434 g/mol. The van der Waals surface area contributed by atoms with Gasteiger partial charge in [-0.25, -0.2) is 0 Å². The van der Waals surface area contributed by atoms with E-state index in [0.717, 1.165) is 25.7 Å². The van der Waals surface area contributed by atoms with Crippen LogP contribution in [0.2, 0.25) is 5.02 Å². The Morgan fingerprint density at radius 1 is 1.19 bits per heavy atom. The van der Waals surface area contributed by atoms with E-state index in [9.17, 15) is 14.4 Å². The molecule has 9 heteroatoms. The first kappa shape index (κ1) is 24.3. The predicted octanol–water partition coefficient (Wildman–Crippen LogP) is 3.38.